The van der Waals surface area contributed by atoms with Crippen LogP contribution >= 0.6 is 0 Å². The molecule has 0 aromatic heterocycles. The maximum Gasteiger partial charge on any atom is 0.251 e. The van der Waals surface area contributed by atoms with Crippen LogP contribution in [-0.4, -0.2) is 39.8 Å². The molecule has 3 rings (SSSR count). The van der Waals surface area contributed by atoms with E-state index in [9.17, 15) is 13.2 Å². The fraction of sp³-hybridized carbons (Fsp3) is 0.435. The lowest BCUT2D eigenvalue weighted by Crippen LogP contribution is -2.25. The molecule has 8 heteroatoms. The molecule has 7 nitrogen and oxygen atoms in total. The number of ether oxygens (including phenoxy) is 1. The quantitative estimate of drug-likeness (QED) is 0.461. The van der Waals surface area contributed by atoms with Crippen molar-refractivity contribution in [3.05, 3.63) is 59.7 Å². The normalized spacial score (nSPS) is 14.4. The summed E-state index contributed by atoms with van der Waals surface area (Å²) in [4.78, 5) is 12.3. The highest BCUT2D eigenvalue weighted by atomic mass is 32.2. The monoisotopic (exact) mass is 445 g/mol. The van der Waals surface area contributed by atoms with Gasteiger partial charge >= 0.3 is 0 Å². The number of hydrogen-bond acceptors (Lipinski definition) is 5. The Labute approximate surface area is 184 Å². The predicted molar refractivity (Wildman–Crippen MR) is 123 cm³/mol. The van der Waals surface area contributed by atoms with Crippen molar-refractivity contribution in [1.29, 1.82) is 0 Å². The van der Waals surface area contributed by atoms with Crippen molar-refractivity contribution in [2.24, 2.45) is 0 Å². The van der Waals surface area contributed by atoms with E-state index in [1.54, 1.807) is 18.2 Å². The minimum atomic E-state index is -3.38. The molecule has 1 amide bonds. The van der Waals surface area contributed by atoms with Crippen molar-refractivity contribution in [1.82, 2.24) is 10.6 Å². The smallest absolute Gasteiger partial charge is 0.251 e. The molecule has 0 radical (unpaired) electrons. The first-order chi connectivity index (χ1) is 14.9. The second kappa shape index (κ2) is 11.2. The minimum Gasteiger partial charge on any atom is -0.494 e. The molecule has 1 aliphatic carbocycles. The van der Waals surface area contributed by atoms with Gasteiger partial charge in [-0.3, -0.25) is 9.52 Å². The second-order valence-electron chi connectivity index (χ2n) is 7.92. The third-order valence-corrected chi connectivity index (χ3v) is 5.76. The topological polar surface area (TPSA) is 96.5 Å². The van der Waals surface area contributed by atoms with Gasteiger partial charge in [0.15, 0.2) is 0 Å². The highest BCUT2D eigenvalue weighted by molar-refractivity contribution is 7.92. The summed E-state index contributed by atoms with van der Waals surface area (Å²) in [5, 5.41) is 6.44. The molecule has 31 heavy (non-hydrogen) atoms. The van der Waals surface area contributed by atoms with E-state index in [0.29, 0.717) is 36.9 Å². The summed E-state index contributed by atoms with van der Waals surface area (Å²) < 4.78 is 30.9. The number of sulfonamides is 1. The fourth-order valence-corrected chi connectivity index (χ4v) is 4.20. The average Bonchev–Trinajstić information content (AvgIpc) is 3.25. The Balaban J connectivity index is 1.37. The molecule has 1 saturated carbocycles. The van der Waals surface area contributed by atoms with Crippen LogP contribution < -0.4 is 20.1 Å². The van der Waals surface area contributed by atoms with Crippen LogP contribution in [0.15, 0.2) is 48.5 Å². The lowest BCUT2D eigenvalue weighted by Gasteiger charge is -2.13. The SMILES string of the molecule is CS(=O)(=O)Nc1cccc(C(=O)NCCCOc2cccc(CNC3CCCC3)c2)c1. The Morgan fingerprint density at radius 2 is 1.87 bits per heavy atom. The van der Waals surface area contributed by atoms with Gasteiger partial charge in [-0.15, -0.1) is 0 Å². The zero-order valence-electron chi connectivity index (χ0n) is 17.9. The lowest BCUT2D eigenvalue weighted by atomic mass is 10.2. The van der Waals surface area contributed by atoms with Crippen LogP contribution in [0.2, 0.25) is 0 Å². The molecule has 0 unspecified atom stereocenters. The highest BCUT2D eigenvalue weighted by Gasteiger charge is 2.13. The first kappa shape index (κ1) is 23.1. The standard InChI is InChI=1S/C23H31N3O4S/c1-31(28,29)26-21-11-5-8-19(16-21)23(27)24-13-6-14-30-22-12-4-7-18(15-22)17-25-20-9-2-3-10-20/h4-5,7-8,11-12,15-16,20,25-26H,2-3,6,9-10,13-14,17H2,1H3,(H,24,27). The van der Waals surface area contributed by atoms with Gasteiger partial charge in [0.1, 0.15) is 5.75 Å². The van der Waals surface area contributed by atoms with Gasteiger partial charge in [-0.1, -0.05) is 31.0 Å². The van der Waals surface area contributed by atoms with Crippen molar-refractivity contribution < 1.29 is 17.9 Å². The van der Waals surface area contributed by atoms with Gasteiger partial charge in [0, 0.05) is 30.4 Å². The third-order valence-electron chi connectivity index (χ3n) is 5.15. The Kier molecular flexibility index (Phi) is 8.31. The third kappa shape index (κ3) is 8.22. The van der Waals surface area contributed by atoms with E-state index in [1.807, 2.05) is 12.1 Å². The van der Waals surface area contributed by atoms with Crippen molar-refractivity contribution in [3.63, 3.8) is 0 Å². The maximum absolute atomic E-state index is 12.3. The molecule has 1 aliphatic rings. The molecule has 1 fully saturated rings. The molecule has 0 aliphatic heterocycles. The number of nitrogens with one attached hydrogen (secondary N) is 3. The Hall–Kier alpha value is -2.58. The van der Waals surface area contributed by atoms with E-state index in [0.717, 1.165) is 18.6 Å². The summed E-state index contributed by atoms with van der Waals surface area (Å²) in [7, 11) is -3.38. The lowest BCUT2D eigenvalue weighted by molar-refractivity contribution is 0.0951. The number of hydrogen-bond donors (Lipinski definition) is 3. The molecule has 2 aromatic carbocycles. The fourth-order valence-electron chi connectivity index (χ4n) is 3.64. The van der Waals surface area contributed by atoms with Crippen molar-refractivity contribution in [2.75, 3.05) is 24.1 Å². The van der Waals surface area contributed by atoms with Crippen LogP contribution in [-0.2, 0) is 16.6 Å². The number of carbonyl (C=O) groups excluding carboxylic acids is 1. The number of amides is 1. The van der Waals surface area contributed by atoms with Gasteiger partial charge in [-0.25, -0.2) is 8.42 Å². The van der Waals surface area contributed by atoms with E-state index in [4.69, 9.17) is 4.74 Å². The summed E-state index contributed by atoms with van der Waals surface area (Å²) in [6, 6.07) is 15.1. The molecule has 3 N–H and O–H groups in total. The van der Waals surface area contributed by atoms with E-state index in [2.05, 4.69) is 27.5 Å². The zero-order chi connectivity index (χ0) is 22.1. The Morgan fingerprint density at radius 3 is 2.65 bits per heavy atom. The van der Waals surface area contributed by atoms with Gasteiger partial charge < -0.3 is 15.4 Å². The van der Waals surface area contributed by atoms with Crippen molar-refractivity contribution in [2.45, 2.75) is 44.7 Å². The summed E-state index contributed by atoms with van der Waals surface area (Å²) in [6.07, 6.45) is 6.90. The summed E-state index contributed by atoms with van der Waals surface area (Å²) >= 11 is 0. The van der Waals surface area contributed by atoms with Crippen LogP contribution in [0.5, 0.6) is 5.75 Å². The predicted octanol–water partition coefficient (Wildman–Crippen LogP) is 3.29. The molecule has 0 saturated heterocycles. The number of anilines is 1. The molecule has 0 bridgehead atoms. The molecule has 0 atom stereocenters. The minimum absolute atomic E-state index is 0.253. The van der Waals surface area contributed by atoms with Gasteiger partial charge in [-0.2, -0.15) is 0 Å². The summed E-state index contributed by atoms with van der Waals surface area (Å²) in [5.41, 5.74) is 1.97. The maximum atomic E-state index is 12.3. The molecular weight excluding hydrogens is 414 g/mol. The average molecular weight is 446 g/mol. The Morgan fingerprint density at radius 1 is 1.10 bits per heavy atom. The number of benzene rings is 2. The molecular formula is C23H31N3O4S. The van der Waals surface area contributed by atoms with Crippen LogP contribution in [0.4, 0.5) is 5.69 Å². The van der Waals surface area contributed by atoms with Crippen molar-refractivity contribution in [3.8, 4) is 5.75 Å². The van der Waals surface area contributed by atoms with Gasteiger partial charge in [-0.05, 0) is 55.2 Å². The molecule has 168 valence electrons. The zero-order valence-corrected chi connectivity index (χ0v) is 18.7. The van der Waals surface area contributed by atoms with Crippen LogP contribution in [0.3, 0.4) is 0 Å². The number of carbonyl (C=O) groups is 1. The summed E-state index contributed by atoms with van der Waals surface area (Å²) in [5.74, 6) is 0.578. The molecule has 0 spiro atoms. The van der Waals surface area contributed by atoms with Gasteiger partial charge in [0.2, 0.25) is 10.0 Å². The highest BCUT2D eigenvalue weighted by Crippen LogP contribution is 2.19. The van der Waals surface area contributed by atoms with Crippen LogP contribution in [0.1, 0.15) is 48.0 Å². The largest absolute Gasteiger partial charge is 0.494 e. The van der Waals surface area contributed by atoms with Crippen LogP contribution in [0.25, 0.3) is 0 Å². The van der Waals surface area contributed by atoms with Gasteiger partial charge in [0.05, 0.1) is 12.9 Å². The molecule has 2 aromatic rings. The van der Waals surface area contributed by atoms with Crippen LogP contribution in [0, 0.1) is 0 Å². The Bertz CT molecular complexity index is 972. The molecule has 0 heterocycles. The van der Waals surface area contributed by atoms with E-state index in [-0.39, 0.29) is 5.91 Å². The van der Waals surface area contributed by atoms with Gasteiger partial charge in [0.25, 0.3) is 5.91 Å². The van der Waals surface area contributed by atoms with E-state index < -0.39 is 10.0 Å². The first-order valence-corrected chi connectivity index (χ1v) is 12.6. The second-order valence-corrected chi connectivity index (χ2v) is 9.67. The van der Waals surface area contributed by atoms with E-state index in [1.165, 1.54) is 37.3 Å². The van der Waals surface area contributed by atoms with E-state index >= 15 is 0 Å². The van der Waals surface area contributed by atoms with Crippen molar-refractivity contribution >= 4 is 21.6 Å². The number of rotatable bonds is 11. The first-order valence-electron chi connectivity index (χ1n) is 10.7. The summed E-state index contributed by atoms with van der Waals surface area (Å²) in [6.45, 7) is 1.81.